The first-order valence-corrected chi connectivity index (χ1v) is 7.19. The lowest BCUT2D eigenvalue weighted by Gasteiger charge is -2.16. The quantitative estimate of drug-likeness (QED) is 0.660. The van der Waals surface area contributed by atoms with Gasteiger partial charge < -0.3 is 0 Å². The molecule has 0 aliphatic rings. The summed E-state index contributed by atoms with van der Waals surface area (Å²) in [7, 11) is 0. The van der Waals surface area contributed by atoms with E-state index in [1.165, 1.54) is 6.07 Å². The Hall–Kier alpha value is -0.930. The first kappa shape index (κ1) is 14.5. The second-order valence-corrected chi connectivity index (χ2v) is 5.48. The minimum Gasteiger partial charge on any atom is -0.207 e. The summed E-state index contributed by atoms with van der Waals surface area (Å²) in [6.07, 6.45) is 0.371. The van der Waals surface area contributed by atoms with Gasteiger partial charge in [0.05, 0.1) is 0 Å². The summed E-state index contributed by atoms with van der Waals surface area (Å²) in [6.45, 7) is 0. The van der Waals surface area contributed by atoms with Gasteiger partial charge in [0, 0.05) is 16.3 Å². The van der Waals surface area contributed by atoms with Gasteiger partial charge in [0.25, 0.3) is 0 Å². The van der Waals surface area contributed by atoms with Crippen LogP contribution >= 0.6 is 27.5 Å². The lowest BCUT2D eigenvalue weighted by Crippen LogP contribution is -2.07. The largest absolute Gasteiger partial charge is 0.207 e. The number of benzene rings is 2. The third-order valence-corrected chi connectivity index (χ3v) is 4.10. The Kier molecular flexibility index (Phi) is 4.94. The van der Waals surface area contributed by atoms with Crippen LogP contribution in [0, 0.1) is 11.6 Å². The van der Waals surface area contributed by atoms with E-state index in [1.807, 2.05) is 24.3 Å². The first-order chi connectivity index (χ1) is 9.11. The molecule has 19 heavy (non-hydrogen) atoms. The summed E-state index contributed by atoms with van der Waals surface area (Å²) in [5.41, 5.74) is 1.35. The Balaban J connectivity index is 2.29. The van der Waals surface area contributed by atoms with Crippen LogP contribution in [0.3, 0.4) is 0 Å². The zero-order valence-electron chi connectivity index (χ0n) is 10.0. The number of alkyl halides is 1. The molecule has 0 heterocycles. The average molecular weight is 346 g/mol. The molecule has 0 bridgehead atoms. The predicted octanol–water partition coefficient (Wildman–Crippen LogP) is 5.29. The number of hydrogen-bond donors (Lipinski definition) is 0. The van der Waals surface area contributed by atoms with Gasteiger partial charge in [-0.2, -0.15) is 0 Å². The Morgan fingerprint density at radius 2 is 1.84 bits per heavy atom. The third-order valence-electron chi connectivity index (χ3n) is 3.01. The molecule has 0 saturated carbocycles. The molecule has 2 aromatic rings. The maximum absolute atomic E-state index is 13.7. The Bertz CT molecular complexity index is 572. The topological polar surface area (TPSA) is 0 Å². The van der Waals surface area contributed by atoms with E-state index < -0.39 is 11.6 Å². The standard InChI is InChI=1S/C15H12BrClF2/c16-14-4-2-1-3-13(14)11(9-17)7-10-8-12(18)5-6-15(10)19/h1-6,8,11H,7,9H2. The zero-order valence-corrected chi connectivity index (χ0v) is 12.4. The molecular weight excluding hydrogens is 334 g/mol. The van der Waals surface area contributed by atoms with Crippen LogP contribution < -0.4 is 0 Å². The summed E-state index contributed by atoms with van der Waals surface area (Å²) < 4.78 is 27.8. The highest BCUT2D eigenvalue weighted by molar-refractivity contribution is 9.10. The molecule has 0 aliphatic carbocycles. The molecule has 4 heteroatoms. The first-order valence-electron chi connectivity index (χ1n) is 5.86. The fourth-order valence-corrected chi connectivity index (χ4v) is 2.90. The molecule has 1 unspecified atom stereocenters. The zero-order chi connectivity index (χ0) is 13.8. The fraction of sp³-hybridized carbons (Fsp3) is 0.200. The van der Waals surface area contributed by atoms with E-state index in [-0.39, 0.29) is 5.92 Å². The number of halogens is 4. The maximum atomic E-state index is 13.7. The van der Waals surface area contributed by atoms with Crippen molar-refractivity contribution in [3.63, 3.8) is 0 Å². The van der Waals surface area contributed by atoms with Crippen LogP contribution in [-0.2, 0) is 6.42 Å². The van der Waals surface area contributed by atoms with Gasteiger partial charge in [-0.1, -0.05) is 34.1 Å². The predicted molar refractivity (Wildman–Crippen MR) is 77.7 cm³/mol. The van der Waals surface area contributed by atoms with E-state index in [1.54, 1.807) is 0 Å². The average Bonchev–Trinajstić information content (AvgIpc) is 2.41. The maximum Gasteiger partial charge on any atom is 0.126 e. The molecule has 0 aliphatic heterocycles. The van der Waals surface area contributed by atoms with Gasteiger partial charge in [0.15, 0.2) is 0 Å². The van der Waals surface area contributed by atoms with Gasteiger partial charge >= 0.3 is 0 Å². The van der Waals surface area contributed by atoms with Crippen LogP contribution in [0.2, 0.25) is 0 Å². The van der Waals surface area contributed by atoms with Crippen molar-refractivity contribution in [1.29, 1.82) is 0 Å². The molecule has 0 fully saturated rings. The van der Waals surface area contributed by atoms with Gasteiger partial charge in [-0.05, 0) is 41.8 Å². The van der Waals surface area contributed by atoms with Crippen LogP contribution in [0.15, 0.2) is 46.9 Å². The molecule has 0 radical (unpaired) electrons. The van der Waals surface area contributed by atoms with Crippen molar-refractivity contribution in [3.05, 3.63) is 69.7 Å². The molecule has 0 amide bonds. The van der Waals surface area contributed by atoms with E-state index in [0.717, 1.165) is 22.2 Å². The van der Waals surface area contributed by atoms with Gasteiger partial charge in [-0.3, -0.25) is 0 Å². The van der Waals surface area contributed by atoms with Crippen LogP contribution in [0.1, 0.15) is 17.0 Å². The van der Waals surface area contributed by atoms with Crippen molar-refractivity contribution in [3.8, 4) is 0 Å². The molecule has 0 N–H and O–H groups in total. The minimum absolute atomic E-state index is 0.0615. The normalized spacial score (nSPS) is 12.4. The van der Waals surface area contributed by atoms with Crippen molar-refractivity contribution < 1.29 is 8.78 Å². The number of hydrogen-bond acceptors (Lipinski definition) is 0. The van der Waals surface area contributed by atoms with Gasteiger partial charge in [-0.15, -0.1) is 11.6 Å². The molecule has 0 aromatic heterocycles. The Labute approximate surface area is 124 Å². The van der Waals surface area contributed by atoms with Crippen molar-refractivity contribution in [1.82, 2.24) is 0 Å². The van der Waals surface area contributed by atoms with E-state index >= 15 is 0 Å². The lowest BCUT2D eigenvalue weighted by atomic mass is 9.93. The van der Waals surface area contributed by atoms with Crippen LogP contribution in [0.4, 0.5) is 8.78 Å². The monoisotopic (exact) mass is 344 g/mol. The molecule has 2 aromatic carbocycles. The minimum atomic E-state index is -0.433. The number of rotatable bonds is 4. The highest BCUT2D eigenvalue weighted by Gasteiger charge is 2.16. The summed E-state index contributed by atoms with van der Waals surface area (Å²) in [5, 5.41) is 0. The molecular formula is C15H12BrClF2. The van der Waals surface area contributed by atoms with Crippen LogP contribution in [0.25, 0.3) is 0 Å². The summed E-state index contributed by atoms with van der Waals surface area (Å²) in [6, 6.07) is 11.2. The molecule has 2 rings (SSSR count). The van der Waals surface area contributed by atoms with Gasteiger partial charge in [0.2, 0.25) is 0 Å². The SMILES string of the molecule is Fc1ccc(F)c(CC(CCl)c2ccccc2Br)c1. The van der Waals surface area contributed by atoms with Crippen LogP contribution in [-0.4, -0.2) is 5.88 Å². The lowest BCUT2D eigenvalue weighted by molar-refractivity contribution is 0.576. The van der Waals surface area contributed by atoms with E-state index in [2.05, 4.69) is 15.9 Å². The van der Waals surface area contributed by atoms with Gasteiger partial charge in [0.1, 0.15) is 11.6 Å². The van der Waals surface area contributed by atoms with Crippen molar-refractivity contribution in [2.24, 2.45) is 0 Å². The molecule has 0 nitrogen and oxygen atoms in total. The van der Waals surface area contributed by atoms with Crippen molar-refractivity contribution >= 4 is 27.5 Å². The summed E-state index contributed by atoms with van der Waals surface area (Å²) in [4.78, 5) is 0. The highest BCUT2D eigenvalue weighted by Crippen LogP contribution is 2.29. The Morgan fingerprint density at radius 3 is 2.53 bits per heavy atom. The van der Waals surface area contributed by atoms with E-state index in [0.29, 0.717) is 17.9 Å². The smallest absolute Gasteiger partial charge is 0.126 e. The van der Waals surface area contributed by atoms with Crippen molar-refractivity contribution in [2.75, 3.05) is 5.88 Å². The van der Waals surface area contributed by atoms with Crippen molar-refractivity contribution in [2.45, 2.75) is 12.3 Å². The molecule has 100 valence electrons. The third kappa shape index (κ3) is 3.54. The molecule has 0 spiro atoms. The van der Waals surface area contributed by atoms with E-state index in [4.69, 9.17) is 11.6 Å². The van der Waals surface area contributed by atoms with E-state index in [9.17, 15) is 8.78 Å². The molecule has 0 saturated heterocycles. The van der Waals surface area contributed by atoms with Crippen LogP contribution in [0.5, 0.6) is 0 Å². The highest BCUT2D eigenvalue weighted by atomic mass is 79.9. The van der Waals surface area contributed by atoms with Gasteiger partial charge in [-0.25, -0.2) is 8.78 Å². The second-order valence-electron chi connectivity index (χ2n) is 4.31. The molecule has 1 atom stereocenters. The Morgan fingerprint density at radius 1 is 1.11 bits per heavy atom. The fourth-order valence-electron chi connectivity index (χ4n) is 2.02. The second kappa shape index (κ2) is 6.49. The summed E-state index contributed by atoms with van der Waals surface area (Å²) in [5.74, 6) is -0.549. The summed E-state index contributed by atoms with van der Waals surface area (Å²) >= 11 is 9.44.